The molecular weight excluding hydrogens is 274 g/mol. The van der Waals surface area contributed by atoms with E-state index in [2.05, 4.69) is 65.9 Å². The Kier molecular flexibility index (Phi) is 4.00. The van der Waals surface area contributed by atoms with Gasteiger partial charge in [-0.15, -0.1) is 5.10 Å². The number of aromatic nitrogens is 4. The van der Waals surface area contributed by atoms with Crippen LogP contribution in [0.4, 0.5) is 0 Å². The summed E-state index contributed by atoms with van der Waals surface area (Å²) in [5.41, 5.74) is 3.22. The Bertz CT molecular complexity index is 646. The molecule has 1 aromatic carbocycles. The molecule has 0 amide bonds. The van der Waals surface area contributed by atoms with Gasteiger partial charge in [-0.3, -0.25) is 0 Å². The molecule has 0 radical (unpaired) electrons. The van der Waals surface area contributed by atoms with Crippen LogP contribution in [0.15, 0.2) is 24.3 Å². The lowest BCUT2D eigenvalue weighted by Crippen LogP contribution is -2.29. The summed E-state index contributed by atoms with van der Waals surface area (Å²) in [6.45, 7) is 6.86. The highest BCUT2D eigenvalue weighted by atomic mass is 15.5. The van der Waals surface area contributed by atoms with Crippen LogP contribution in [0.1, 0.15) is 62.6 Å². The molecule has 0 saturated carbocycles. The summed E-state index contributed by atoms with van der Waals surface area (Å²) in [5.74, 6) is 0.875. The lowest BCUT2D eigenvalue weighted by molar-refractivity contribution is 0.262. The van der Waals surface area contributed by atoms with Gasteiger partial charge in [0.25, 0.3) is 0 Å². The van der Waals surface area contributed by atoms with Gasteiger partial charge >= 0.3 is 0 Å². The van der Waals surface area contributed by atoms with Gasteiger partial charge < -0.3 is 5.32 Å². The van der Waals surface area contributed by atoms with E-state index in [0.717, 1.165) is 18.7 Å². The highest BCUT2D eigenvalue weighted by Gasteiger charge is 2.30. The van der Waals surface area contributed by atoms with Gasteiger partial charge in [-0.2, -0.15) is 0 Å². The number of rotatable bonds is 3. The average molecular weight is 299 g/mol. The Hall–Kier alpha value is -1.75. The maximum Gasteiger partial charge on any atom is 0.167 e. The average Bonchev–Trinajstić information content (AvgIpc) is 2.85. The van der Waals surface area contributed by atoms with Gasteiger partial charge in [-0.05, 0) is 53.2 Å². The van der Waals surface area contributed by atoms with E-state index in [0.29, 0.717) is 11.5 Å². The van der Waals surface area contributed by atoms with E-state index in [1.807, 2.05) is 7.05 Å². The van der Waals surface area contributed by atoms with E-state index in [9.17, 15) is 0 Å². The molecule has 1 aliphatic rings. The first-order chi connectivity index (χ1) is 10.5. The maximum atomic E-state index is 4.14. The summed E-state index contributed by atoms with van der Waals surface area (Å²) < 4.78 is 1.74. The fourth-order valence-corrected chi connectivity index (χ4v) is 3.47. The van der Waals surface area contributed by atoms with Gasteiger partial charge in [-0.25, -0.2) is 4.68 Å². The number of tetrazole rings is 1. The number of hydrogen-bond donors (Lipinski definition) is 1. The van der Waals surface area contributed by atoms with Gasteiger partial charge in [0.2, 0.25) is 0 Å². The largest absolute Gasteiger partial charge is 0.301 e. The molecule has 2 aromatic rings. The predicted molar refractivity (Wildman–Crippen MR) is 86.3 cm³/mol. The summed E-state index contributed by atoms with van der Waals surface area (Å²) in [6, 6.07) is 9.26. The fourth-order valence-electron chi connectivity index (χ4n) is 3.47. The van der Waals surface area contributed by atoms with E-state index in [-0.39, 0.29) is 6.04 Å². The second-order valence-electron chi connectivity index (χ2n) is 7.17. The Morgan fingerprint density at radius 3 is 2.82 bits per heavy atom. The number of nitrogens with one attached hydrogen (secondary N) is 1. The molecule has 5 heteroatoms. The lowest BCUT2D eigenvalue weighted by atomic mass is 9.83. The number of fused-ring (bicyclic) bond motifs is 1. The van der Waals surface area contributed by atoms with Crippen LogP contribution >= 0.6 is 0 Å². The zero-order valence-corrected chi connectivity index (χ0v) is 13.9. The van der Waals surface area contributed by atoms with Crippen LogP contribution in [0.3, 0.4) is 0 Å². The van der Waals surface area contributed by atoms with Crippen molar-refractivity contribution in [3.05, 3.63) is 41.2 Å². The van der Waals surface area contributed by atoms with Crippen molar-refractivity contribution in [2.24, 2.45) is 12.5 Å². The second kappa shape index (κ2) is 5.80. The van der Waals surface area contributed by atoms with E-state index < -0.39 is 0 Å². The highest BCUT2D eigenvalue weighted by molar-refractivity contribution is 5.32. The van der Waals surface area contributed by atoms with Crippen LogP contribution in [0.2, 0.25) is 0 Å². The first-order valence-electron chi connectivity index (χ1n) is 8.02. The van der Waals surface area contributed by atoms with E-state index in [1.165, 1.54) is 17.5 Å². The van der Waals surface area contributed by atoms with Crippen molar-refractivity contribution < 1.29 is 0 Å². The zero-order valence-electron chi connectivity index (χ0n) is 13.9. The number of aryl methyl sites for hydroxylation is 2. The minimum absolute atomic E-state index is 0.118. The molecule has 1 heterocycles. The number of benzene rings is 1. The normalized spacial score (nSPS) is 21.9. The summed E-state index contributed by atoms with van der Waals surface area (Å²) in [7, 11) is 1.89. The molecule has 0 unspecified atom stereocenters. The molecule has 0 aliphatic heterocycles. The SMILES string of the molecule is C[C@H](N[C@@H]1CC(C)(C)CCc2ccccc21)c1nnnn1C. The van der Waals surface area contributed by atoms with Gasteiger partial charge in [-0.1, -0.05) is 38.1 Å². The third kappa shape index (κ3) is 3.04. The molecule has 3 rings (SSSR count). The van der Waals surface area contributed by atoms with Crippen LogP contribution in [0.5, 0.6) is 0 Å². The monoisotopic (exact) mass is 299 g/mol. The Balaban J connectivity index is 1.88. The smallest absolute Gasteiger partial charge is 0.167 e. The molecule has 22 heavy (non-hydrogen) atoms. The Morgan fingerprint density at radius 2 is 2.09 bits per heavy atom. The topological polar surface area (TPSA) is 55.6 Å². The zero-order chi connectivity index (χ0) is 15.7. The second-order valence-corrected chi connectivity index (χ2v) is 7.17. The molecule has 0 fully saturated rings. The van der Waals surface area contributed by atoms with E-state index in [1.54, 1.807) is 4.68 Å². The third-order valence-corrected chi connectivity index (χ3v) is 4.75. The molecule has 5 nitrogen and oxygen atoms in total. The van der Waals surface area contributed by atoms with Gasteiger partial charge in [0.1, 0.15) is 0 Å². The number of hydrogen-bond acceptors (Lipinski definition) is 4. The molecule has 1 N–H and O–H groups in total. The Morgan fingerprint density at radius 1 is 1.32 bits per heavy atom. The van der Waals surface area contributed by atoms with Crippen LogP contribution in [0.25, 0.3) is 0 Å². The van der Waals surface area contributed by atoms with Gasteiger partial charge in [0.15, 0.2) is 5.82 Å². The molecule has 0 bridgehead atoms. The van der Waals surface area contributed by atoms with Crippen LogP contribution < -0.4 is 5.32 Å². The van der Waals surface area contributed by atoms with Crippen molar-refractivity contribution in [3.8, 4) is 0 Å². The summed E-state index contributed by atoms with van der Waals surface area (Å²) in [5, 5.41) is 15.6. The fraction of sp³-hybridized carbons (Fsp3) is 0.588. The van der Waals surface area contributed by atoms with E-state index >= 15 is 0 Å². The summed E-state index contributed by atoms with van der Waals surface area (Å²) in [4.78, 5) is 0. The third-order valence-electron chi connectivity index (χ3n) is 4.75. The van der Waals surface area contributed by atoms with Gasteiger partial charge in [0.05, 0.1) is 6.04 Å². The molecule has 1 aromatic heterocycles. The van der Waals surface area contributed by atoms with Crippen molar-refractivity contribution in [2.45, 2.75) is 52.1 Å². The lowest BCUT2D eigenvalue weighted by Gasteiger charge is -2.29. The standard InChI is InChI=1S/C17H25N5/c1-12(16-19-20-21-22(16)4)18-15-11-17(2,3)10-9-13-7-5-6-8-14(13)15/h5-8,12,15,18H,9-11H2,1-4H3/t12-,15+/m0/s1. The van der Waals surface area contributed by atoms with E-state index in [4.69, 9.17) is 0 Å². The van der Waals surface area contributed by atoms with Crippen molar-refractivity contribution in [1.29, 1.82) is 0 Å². The molecule has 0 saturated heterocycles. The van der Waals surface area contributed by atoms with Crippen LogP contribution in [0, 0.1) is 5.41 Å². The highest BCUT2D eigenvalue weighted by Crippen LogP contribution is 2.40. The molecule has 118 valence electrons. The van der Waals surface area contributed by atoms with Crippen molar-refractivity contribution in [1.82, 2.24) is 25.5 Å². The van der Waals surface area contributed by atoms with Gasteiger partial charge in [0, 0.05) is 13.1 Å². The molecule has 1 aliphatic carbocycles. The summed E-state index contributed by atoms with van der Waals surface area (Å²) >= 11 is 0. The summed E-state index contributed by atoms with van der Waals surface area (Å²) in [6.07, 6.45) is 3.50. The first kappa shape index (κ1) is 15.2. The van der Waals surface area contributed by atoms with Crippen molar-refractivity contribution in [2.75, 3.05) is 0 Å². The molecule has 0 spiro atoms. The predicted octanol–water partition coefficient (Wildman–Crippen LogP) is 2.96. The molecular formula is C17H25N5. The minimum Gasteiger partial charge on any atom is -0.301 e. The van der Waals surface area contributed by atoms with Crippen LogP contribution in [-0.2, 0) is 13.5 Å². The maximum absolute atomic E-state index is 4.14. The van der Waals surface area contributed by atoms with Crippen molar-refractivity contribution >= 4 is 0 Å². The molecule has 2 atom stereocenters. The number of nitrogens with zero attached hydrogens (tertiary/aromatic N) is 4. The Labute approximate surface area is 132 Å². The minimum atomic E-state index is 0.118. The van der Waals surface area contributed by atoms with Crippen molar-refractivity contribution in [3.63, 3.8) is 0 Å². The first-order valence-corrected chi connectivity index (χ1v) is 8.02. The van der Waals surface area contributed by atoms with Crippen LogP contribution in [-0.4, -0.2) is 20.2 Å². The quantitative estimate of drug-likeness (QED) is 0.885.